The highest BCUT2D eigenvalue weighted by Crippen LogP contribution is 2.28. The lowest BCUT2D eigenvalue weighted by atomic mass is 10.1. The predicted octanol–water partition coefficient (Wildman–Crippen LogP) is 2.20. The molecule has 0 unspecified atom stereocenters. The van der Waals surface area contributed by atoms with E-state index in [1.54, 1.807) is 0 Å². The molecule has 0 saturated heterocycles. The van der Waals surface area contributed by atoms with Crippen LogP contribution < -0.4 is 0 Å². The summed E-state index contributed by atoms with van der Waals surface area (Å²) in [5, 5.41) is 9.01. The fourth-order valence-electron chi connectivity index (χ4n) is 2.46. The minimum Gasteiger partial charge on any atom is -0.478 e. The lowest BCUT2D eigenvalue weighted by Crippen LogP contribution is -2.06. The number of carboxylic acid groups (broad SMARTS) is 1. The molecule has 0 spiro atoms. The first-order valence-corrected chi connectivity index (χ1v) is 8.18. The molecule has 0 amide bonds. The first-order valence-electron chi connectivity index (χ1n) is 6.70. The summed E-state index contributed by atoms with van der Waals surface area (Å²) in [5.41, 5.74) is 1.30. The third-order valence-corrected chi connectivity index (χ3v) is 5.45. The van der Waals surface area contributed by atoms with Gasteiger partial charge in [-0.15, -0.1) is 0 Å². The van der Waals surface area contributed by atoms with Crippen LogP contribution in [-0.4, -0.2) is 25.5 Å². The Balaban J connectivity index is 2.07. The van der Waals surface area contributed by atoms with Crippen LogP contribution in [0.5, 0.6) is 0 Å². The predicted molar refractivity (Wildman–Crippen MR) is 79.2 cm³/mol. The van der Waals surface area contributed by atoms with Gasteiger partial charge in [0.25, 0.3) is 0 Å². The maximum Gasteiger partial charge on any atom is 0.338 e. The van der Waals surface area contributed by atoms with E-state index in [0.717, 1.165) is 0 Å². The second-order valence-corrected chi connectivity index (χ2v) is 7.13. The van der Waals surface area contributed by atoms with Gasteiger partial charge in [-0.25, -0.2) is 18.0 Å². The zero-order valence-corrected chi connectivity index (χ0v) is 12.9. The van der Waals surface area contributed by atoms with Crippen molar-refractivity contribution in [1.82, 2.24) is 0 Å². The number of aryl methyl sites for hydroxylation is 1. The van der Waals surface area contributed by atoms with Crippen LogP contribution in [0.2, 0.25) is 0 Å². The Bertz CT molecular complexity index is 943. The number of benzene rings is 2. The first kappa shape index (κ1) is 15.2. The molecule has 6 nitrogen and oxygen atoms in total. The van der Waals surface area contributed by atoms with Crippen molar-refractivity contribution in [3.8, 4) is 0 Å². The van der Waals surface area contributed by atoms with Gasteiger partial charge in [0.1, 0.15) is 6.61 Å². The molecule has 0 radical (unpaired) electrons. The quantitative estimate of drug-likeness (QED) is 0.865. The van der Waals surface area contributed by atoms with Crippen molar-refractivity contribution in [3.63, 3.8) is 0 Å². The summed E-state index contributed by atoms with van der Waals surface area (Å²) in [6.45, 7) is 1.59. The Morgan fingerprint density at radius 2 is 1.78 bits per heavy atom. The van der Waals surface area contributed by atoms with Crippen molar-refractivity contribution in [1.29, 1.82) is 0 Å². The smallest absolute Gasteiger partial charge is 0.338 e. The zero-order valence-electron chi connectivity index (χ0n) is 12.1. The van der Waals surface area contributed by atoms with Gasteiger partial charge in [0.2, 0.25) is 9.84 Å². The third-order valence-electron chi connectivity index (χ3n) is 3.70. The largest absolute Gasteiger partial charge is 0.478 e. The van der Waals surface area contributed by atoms with Gasteiger partial charge in [0.15, 0.2) is 0 Å². The van der Waals surface area contributed by atoms with Crippen LogP contribution >= 0.6 is 0 Å². The molecule has 1 aliphatic rings. The molecule has 1 N–H and O–H groups in total. The van der Waals surface area contributed by atoms with Gasteiger partial charge in [0, 0.05) is 5.56 Å². The monoisotopic (exact) mass is 332 g/mol. The summed E-state index contributed by atoms with van der Waals surface area (Å²) in [6.07, 6.45) is 0. The van der Waals surface area contributed by atoms with E-state index >= 15 is 0 Å². The molecule has 0 aliphatic carbocycles. The minimum absolute atomic E-state index is 0.00481. The molecule has 0 atom stereocenters. The van der Waals surface area contributed by atoms with E-state index in [0.29, 0.717) is 16.7 Å². The van der Waals surface area contributed by atoms with Gasteiger partial charge in [-0.1, -0.05) is 0 Å². The molecular weight excluding hydrogens is 320 g/mol. The summed E-state index contributed by atoms with van der Waals surface area (Å²) in [4.78, 5) is 22.5. The Hall–Kier alpha value is -2.67. The Labute approximate surface area is 132 Å². The summed E-state index contributed by atoms with van der Waals surface area (Å²) in [7, 11) is -3.80. The Kier molecular flexibility index (Phi) is 3.45. The van der Waals surface area contributed by atoms with Crippen LogP contribution in [0.1, 0.15) is 31.8 Å². The van der Waals surface area contributed by atoms with E-state index in [2.05, 4.69) is 0 Å². The van der Waals surface area contributed by atoms with Crippen LogP contribution in [0.15, 0.2) is 46.2 Å². The summed E-state index contributed by atoms with van der Waals surface area (Å²) in [5.74, 6) is -1.58. The summed E-state index contributed by atoms with van der Waals surface area (Å²) >= 11 is 0. The fourth-order valence-corrected chi connectivity index (χ4v) is 3.85. The Morgan fingerprint density at radius 3 is 2.43 bits per heavy atom. The number of hydrogen-bond acceptors (Lipinski definition) is 5. The molecule has 1 aliphatic heterocycles. The van der Waals surface area contributed by atoms with Crippen LogP contribution in [0.25, 0.3) is 0 Å². The highest BCUT2D eigenvalue weighted by molar-refractivity contribution is 7.91. The van der Waals surface area contributed by atoms with Gasteiger partial charge < -0.3 is 9.84 Å². The molecule has 2 aromatic rings. The number of cyclic esters (lactones) is 1. The maximum atomic E-state index is 12.7. The van der Waals surface area contributed by atoms with Crippen LogP contribution in [0.3, 0.4) is 0 Å². The van der Waals surface area contributed by atoms with Crippen LogP contribution in [0.4, 0.5) is 0 Å². The average Bonchev–Trinajstić information content (AvgIpc) is 2.87. The van der Waals surface area contributed by atoms with Crippen molar-refractivity contribution < 1.29 is 27.9 Å². The van der Waals surface area contributed by atoms with Crippen molar-refractivity contribution in [2.24, 2.45) is 0 Å². The van der Waals surface area contributed by atoms with Crippen molar-refractivity contribution in [2.45, 2.75) is 23.3 Å². The molecule has 7 heteroatoms. The zero-order chi connectivity index (χ0) is 16.8. The number of fused-ring (bicyclic) bond motifs is 1. The molecule has 118 valence electrons. The van der Waals surface area contributed by atoms with E-state index in [4.69, 9.17) is 9.84 Å². The summed E-state index contributed by atoms with van der Waals surface area (Å²) < 4.78 is 30.2. The third kappa shape index (κ3) is 2.49. The number of ether oxygens (including phenoxy) is 1. The van der Waals surface area contributed by atoms with Crippen LogP contribution in [0, 0.1) is 6.92 Å². The standard InChI is InChI=1S/C16H12O6S/c1-9-6-11(2-4-13(9)15(17)18)23(20,21)12-3-5-14-10(7-12)8-22-16(14)19/h2-7H,8H2,1H3,(H,17,18). The van der Waals surface area contributed by atoms with Crippen LogP contribution in [-0.2, 0) is 21.2 Å². The van der Waals surface area contributed by atoms with Gasteiger partial charge in [0.05, 0.1) is 20.9 Å². The topological polar surface area (TPSA) is 97.7 Å². The van der Waals surface area contributed by atoms with Crippen molar-refractivity contribution in [2.75, 3.05) is 0 Å². The minimum atomic E-state index is -3.80. The highest BCUT2D eigenvalue weighted by atomic mass is 32.2. The second kappa shape index (κ2) is 5.20. The fraction of sp³-hybridized carbons (Fsp3) is 0.125. The lowest BCUT2D eigenvalue weighted by molar-refractivity contribution is 0.0534. The maximum absolute atomic E-state index is 12.7. The lowest BCUT2D eigenvalue weighted by Gasteiger charge is -2.08. The second-order valence-electron chi connectivity index (χ2n) is 5.18. The number of rotatable bonds is 3. The Morgan fingerprint density at radius 1 is 1.13 bits per heavy atom. The molecular formula is C16H12O6S. The van der Waals surface area contributed by atoms with Gasteiger partial charge >= 0.3 is 11.9 Å². The van der Waals surface area contributed by atoms with E-state index in [-0.39, 0.29) is 22.0 Å². The molecule has 0 fully saturated rings. The molecule has 0 bridgehead atoms. The van der Waals surface area contributed by atoms with Gasteiger partial charge in [-0.2, -0.15) is 0 Å². The molecule has 1 heterocycles. The number of carbonyl (C=O) groups is 2. The normalized spacial score (nSPS) is 13.5. The SMILES string of the molecule is Cc1cc(S(=O)(=O)c2ccc3c(c2)COC3=O)ccc1C(=O)O. The van der Waals surface area contributed by atoms with Crippen molar-refractivity contribution in [3.05, 3.63) is 58.7 Å². The van der Waals surface area contributed by atoms with Crippen molar-refractivity contribution >= 4 is 21.8 Å². The first-order chi connectivity index (χ1) is 10.8. The van der Waals surface area contributed by atoms with E-state index in [1.807, 2.05) is 0 Å². The molecule has 2 aromatic carbocycles. The molecule has 3 rings (SSSR count). The molecule has 23 heavy (non-hydrogen) atoms. The number of sulfone groups is 1. The molecule has 0 saturated carbocycles. The molecule has 0 aromatic heterocycles. The summed E-state index contributed by atoms with van der Waals surface area (Å²) in [6, 6.07) is 8.05. The number of carboxylic acids is 1. The number of aromatic carboxylic acids is 1. The average molecular weight is 332 g/mol. The number of hydrogen-bond donors (Lipinski definition) is 1. The van der Waals surface area contributed by atoms with E-state index < -0.39 is 21.8 Å². The van der Waals surface area contributed by atoms with E-state index in [1.165, 1.54) is 43.3 Å². The highest BCUT2D eigenvalue weighted by Gasteiger charge is 2.25. The van der Waals surface area contributed by atoms with E-state index in [9.17, 15) is 18.0 Å². The van der Waals surface area contributed by atoms with Gasteiger partial charge in [-0.3, -0.25) is 0 Å². The number of carbonyl (C=O) groups excluding carboxylic acids is 1. The van der Waals surface area contributed by atoms with Gasteiger partial charge in [-0.05, 0) is 48.9 Å². The number of esters is 1.